The van der Waals surface area contributed by atoms with Gasteiger partial charge in [0.15, 0.2) is 5.82 Å². The lowest BCUT2D eigenvalue weighted by Crippen LogP contribution is -2.06. The van der Waals surface area contributed by atoms with Gasteiger partial charge < -0.3 is 15.2 Å². The van der Waals surface area contributed by atoms with Crippen LogP contribution >= 0.6 is 0 Å². The fraction of sp³-hybridized carbons (Fsp3) is 0.0952. The molecule has 0 atom stereocenters. The van der Waals surface area contributed by atoms with E-state index in [2.05, 4.69) is 25.8 Å². The molecule has 4 rings (SSSR count). The van der Waals surface area contributed by atoms with Crippen LogP contribution in [-0.4, -0.2) is 25.7 Å². The van der Waals surface area contributed by atoms with E-state index in [0.29, 0.717) is 0 Å². The van der Waals surface area contributed by atoms with Gasteiger partial charge in [0.05, 0.1) is 12.0 Å². The number of nitrogens with zero attached hydrogens (tertiary/aromatic N) is 3. The SMILES string of the molecule is CC(=O)Nc1ccc(Nc2cc(-c3ccc(-n4ccnc4)cc3)[nH]n2)c(C)c1. The molecule has 2 heterocycles. The van der Waals surface area contributed by atoms with E-state index in [4.69, 9.17) is 0 Å². The smallest absolute Gasteiger partial charge is 0.221 e. The number of H-pyrrole nitrogens is 1. The van der Waals surface area contributed by atoms with Gasteiger partial charge in [-0.15, -0.1) is 0 Å². The van der Waals surface area contributed by atoms with Crippen molar-refractivity contribution in [3.63, 3.8) is 0 Å². The van der Waals surface area contributed by atoms with Crippen molar-refractivity contribution in [3.05, 3.63) is 72.8 Å². The molecule has 0 radical (unpaired) electrons. The van der Waals surface area contributed by atoms with E-state index in [1.807, 2.05) is 66.2 Å². The number of anilines is 3. The van der Waals surface area contributed by atoms with E-state index in [9.17, 15) is 4.79 Å². The van der Waals surface area contributed by atoms with Crippen LogP contribution in [0.25, 0.3) is 16.9 Å². The molecule has 2 aromatic carbocycles. The van der Waals surface area contributed by atoms with Gasteiger partial charge in [0.2, 0.25) is 5.91 Å². The maximum absolute atomic E-state index is 11.2. The summed E-state index contributed by atoms with van der Waals surface area (Å²) in [5, 5.41) is 13.5. The van der Waals surface area contributed by atoms with Crippen LogP contribution in [0.4, 0.5) is 17.2 Å². The number of hydrogen-bond acceptors (Lipinski definition) is 4. The summed E-state index contributed by atoms with van der Waals surface area (Å²) in [7, 11) is 0. The molecule has 0 aliphatic carbocycles. The number of aromatic nitrogens is 4. The molecule has 28 heavy (non-hydrogen) atoms. The Morgan fingerprint density at radius 2 is 1.93 bits per heavy atom. The molecule has 0 bridgehead atoms. The monoisotopic (exact) mass is 372 g/mol. The first-order valence-electron chi connectivity index (χ1n) is 8.88. The highest BCUT2D eigenvalue weighted by atomic mass is 16.1. The molecule has 1 amide bonds. The summed E-state index contributed by atoms with van der Waals surface area (Å²) in [6.07, 6.45) is 5.44. The second-order valence-electron chi connectivity index (χ2n) is 6.52. The Morgan fingerprint density at radius 3 is 2.61 bits per heavy atom. The van der Waals surface area contributed by atoms with Crippen LogP contribution in [0.3, 0.4) is 0 Å². The maximum Gasteiger partial charge on any atom is 0.221 e. The van der Waals surface area contributed by atoms with Gasteiger partial charge in [0.25, 0.3) is 0 Å². The maximum atomic E-state index is 11.2. The average Bonchev–Trinajstić information content (AvgIpc) is 3.36. The predicted molar refractivity (Wildman–Crippen MR) is 110 cm³/mol. The Kier molecular flexibility index (Phi) is 4.63. The van der Waals surface area contributed by atoms with Crippen LogP contribution in [0.15, 0.2) is 67.3 Å². The zero-order valence-corrected chi connectivity index (χ0v) is 15.6. The first-order chi connectivity index (χ1) is 13.6. The summed E-state index contributed by atoms with van der Waals surface area (Å²) < 4.78 is 1.96. The minimum atomic E-state index is -0.0869. The van der Waals surface area contributed by atoms with Crippen molar-refractivity contribution >= 4 is 23.1 Å². The zero-order valence-electron chi connectivity index (χ0n) is 15.6. The van der Waals surface area contributed by atoms with Crippen molar-refractivity contribution in [1.82, 2.24) is 19.7 Å². The number of aromatic amines is 1. The van der Waals surface area contributed by atoms with Gasteiger partial charge in [-0.1, -0.05) is 12.1 Å². The van der Waals surface area contributed by atoms with E-state index in [1.165, 1.54) is 6.92 Å². The fourth-order valence-electron chi connectivity index (χ4n) is 2.98. The van der Waals surface area contributed by atoms with E-state index < -0.39 is 0 Å². The highest BCUT2D eigenvalue weighted by molar-refractivity contribution is 5.89. The Bertz CT molecular complexity index is 1100. The Balaban J connectivity index is 1.49. The quantitative estimate of drug-likeness (QED) is 0.488. The number of rotatable bonds is 5. The van der Waals surface area contributed by atoms with Crippen LogP contribution in [0.5, 0.6) is 0 Å². The standard InChI is InChI=1S/C21H20N6O/c1-14-11-17(23-15(2)28)5-8-19(14)24-21-12-20(25-26-21)16-3-6-18(7-4-16)27-10-9-22-13-27/h3-13H,1-2H3,(H,23,28)(H2,24,25,26). The third-order valence-electron chi connectivity index (χ3n) is 4.37. The largest absolute Gasteiger partial charge is 0.339 e. The summed E-state index contributed by atoms with van der Waals surface area (Å²) in [4.78, 5) is 15.2. The highest BCUT2D eigenvalue weighted by Gasteiger charge is 2.07. The molecule has 140 valence electrons. The van der Waals surface area contributed by atoms with Crippen LogP contribution in [0.1, 0.15) is 12.5 Å². The molecule has 0 saturated carbocycles. The molecule has 0 aliphatic rings. The Hall–Kier alpha value is -3.87. The van der Waals surface area contributed by atoms with Gasteiger partial charge in [-0.25, -0.2) is 4.98 Å². The normalized spacial score (nSPS) is 10.6. The molecular weight excluding hydrogens is 352 g/mol. The van der Waals surface area contributed by atoms with Gasteiger partial charge >= 0.3 is 0 Å². The van der Waals surface area contributed by atoms with Crippen LogP contribution in [-0.2, 0) is 4.79 Å². The first-order valence-corrected chi connectivity index (χ1v) is 8.88. The number of carbonyl (C=O) groups excluding carboxylic acids is 1. The van der Waals surface area contributed by atoms with Crippen LogP contribution < -0.4 is 10.6 Å². The van der Waals surface area contributed by atoms with Crippen molar-refractivity contribution in [3.8, 4) is 16.9 Å². The van der Waals surface area contributed by atoms with Crippen molar-refractivity contribution < 1.29 is 4.79 Å². The predicted octanol–water partition coefficient (Wildman–Crippen LogP) is 4.27. The Labute approximate surface area is 162 Å². The molecule has 0 aliphatic heterocycles. The molecular formula is C21H20N6O. The fourth-order valence-corrected chi connectivity index (χ4v) is 2.98. The van der Waals surface area contributed by atoms with E-state index >= 15 is 0 Å². The van der Waals surface area contributed by atoms with E-state index in [0.717, 1.165) is 39.7 Å². The third kappa shape index (κ3) is 3.78. The van der Waals surface area contributed by atoms with Gasteiger partial charge in [0, 0.05) is 42.4 Å². The summed E-state index contributed by atoms with van der Waals surface area (Å²) >= 11 is 0. The van der Waals surface area contributed by atoms with Crippen LogP contribution in [0.2, 0.25) is 0 Å². The summed E-state index contributed by atoms with van der Waals surface area (Å²) in [5.74, 6) is 0.639. The van der Waals surface area contributed by atoms with E-state index in [1.54, 1.807) is 12.5 Å². The second kappa shape index (κ2) is 7.40. The number of imidazole rings is 1. The van der Waals surface area contributed by atoms with Gasteiger partial charge in [-0.05, 0) is 48.4 Å². The summed E-state index contributed by atoms with van der Waals surface area (Å²) in [6.45, 7) is 3.48. The molecule has 0 spiro atoms. The van der Waals surface area contributed by atoms with Crippen LogP contribution in [0, 0.1) is 6.92 Å². The van der Waals surface area contributed by atoms with Gasteiger partial charge in [0.1, 0.15) is 0 Å². The molecule has 3 N–H and O–H groups in total. The summed E-state index contributed by atoms with van der Waals surface area (Å²) in [5.41, 5.74) is 5.74. The first kappa shape index (κ1) is 17.5. The number of benzene rings is 2. The van der Waals surface area contributed by atoms with Crippen molar-refractivity contribution in [2.75, 3.05) is 10.6 Å². The molecule has 0 fully saturated rings. The van der Waals surface area contributed by atoms with Gasteiger partial charge in [-0.2, -0.15) is 5.10 Å². The van der Waals surface area contributed by atoms with E-state index in [-0.39, 0.29) is 5.91 Å². The van der Waals surface area contributed by atoms with Crippen molar-refractivity contribution in [2.45, 2.75) is 13.8 Å². The zero-order chi connectivity index (χ0) is 19.5. The molecule has 0 unspecified atom stereocenters. The Morgan fingerprint density at radius 1 is 1.11 bits per heavy atom. The lowest BCUT2D eigenvalue weighted by atomic mass is 10.1. The molecule has 4 aromatic rings. The van der Waals surface area contributed by atoms with Gasteiger partial charge in [-0.3, -0.25) is 9.89 Å². The number of hydrogen-bond donors (Lipinski definition) is 3. The highest BCUT2D eigenvalue weighted by Crippen LogP contribution is 2.26. The lowest BCUT2D eigenvalue weighted by Gasteiger charge is -2.09. The van der Waals surface area contributed by atoms with Crippen molar-refractivity contribution in [2.24, 2.45) is 0 Å². The number of carbonyl (C=O) groups is 1. The third-order valence-corrected chi connectivity index (χ3v) is 4.37. The number of aryl methyl sites for hydroxylation is 1. The number of nitrogens with one attached hydrogen (secondary N) is 3. The second-order valence-corrected chi connectivity index (χ2v) is 6.52. The lowest BCUT2D eigenvalue weighted by molar-refractivity contribution is -0.114. The molecule has 7 heteroatoms. The minimum absolute atomic E-state index is 0.0869. The number of amides is 1. The summed E-state index contributed by atoms with van der Waals surface area (Å²) in [6, 6.07) is 15.8. The molecule has 2 aromatic heterocycles. The average molecular weight is 372 g/mol. The molecule has 0 saturated heterocycles. The van der Waals surface area contributed by atoms with Crippen molar-refractivity contribution in [1.29, 1.82) is 0 Å². The minimum Gasteiger partial charge on any atom is -0.339 e. The topological polar surface area (TPSA) is 87.6 Å². The molecule has 7 nitrogen and oxygen atoms in total.